The van der Waals surface area contributed by atoms with Gasteiger partial charge in [-0.05, 0) is 46.9 Å². The lowest BCUT2D eigenvalue weighted by atomic mass is 10.2. The fraction of sp³-hybridized carbons (Fsp3) is 0. The first-order valence-corrected chi connectivity index (χ1v) is 7.14. The minimum absolute atomic E-state index is 0.132. The number of nitrogens with zero attached hydrogens (tertiary/aromatic N) is 1. The largest absolute Gasteiger partial charge is 0.298 e. The van der Waals surface area contributed by atoms with Crippen LogP contribution in [0.4, 0.5) is 0 Å². The molecule has 0 unspecified atom stereocenters. The van der Waals surface area contributed by atoms with E-state index in [-0.39, 0.29) is 5.91 Å². The van der Waals surface area contributed by atoms with Crippen molar-refractivity contribution in [3.8, 4) is 0 Å². The average molecular weight is 375 g/mol. The van der Waals surface area contributed by atoms with Crippen molar-refractivity contribution in [1.29, 1.82) is 0 Å². The zero-order chi connectivity index (χ0) is 14.1. The average Bonchev–Trinajstić information content (AvgIpc) is 2.85. The molecule has 3 rings (SSSR count). The number of rotatable bonds is 2. The summed E-state index contributed by atoms with van der Waals surface area (Å²) in [5.41, 5.74) is 1.88. The van der Waals surface area contributed by atoms with E-state index in [2.05, 4.69) is 22.6 Å². The van der Waals surface area contributed by atoms with E-state index >= 15 is 0 Å². The van der Waals surface area contributed by atoms with Crippen LogP contribution in [0.5, 0.6) is 0 Å². The number of fused-ring (bicyclic) bond motifs is 1. The van der Waals surface area contributed by atoms with E-state index in [9.17, 15) is 9.59 Å². The van der Waals surface area contributed by atoms with Gasteiger partial charge in [-0.3, -0.25) is 14.2 Å². The molecule has 0 saturated carbocycles. The molecule has 98 valence electrons. The predicted molar refractivity (Wildman–Crippen MR) is 86.2 cm³/mol. The molecule has 0 atom stereocenters. The summed E-state index contributed by atoms with van der Waals surface area (Å²) in [5, 5.41) is 0.793. The number of benzene rings is 2. The second-order valence-corrected chi connectivity index (χ2v) is 5.65. The molecule has 2 aromatic carbocycles. The number of para-hydroxylation sites is 1. The monoisotopic (exact) mass is 375 g/mol. The SMILES string of the molecule is O=Cc1cn(C(=O)c2cccc(I)c2)c2ccccc12. The van der Waals surface area contributed by atoms with Crippen molar-refractivity contribution in [2.45, 2.75) is 0 Å². The van der Waals surface area contributed by atoms with E-state index in [1.807, 2.05) is 42.5 Å². The minimum Gasteiger partial charge on any atom is -0.298 e. The van der Waals surface area contributed by atoms with E-state index in [1.54, 1.807) is 12.3 Å². The molecule has 0 aliphatic rings. The van der Waals surface area contributed by atoms with Gasteiger partial charge in [-0.25, -0.2) is 0 Å². The first kappa shape index (κ1) is 13.1. The molecule has 1 aromatic heterocycles. The van der Waals surface area contributed by atoms with Gasteiger partial charge in [0.1, 0.15) is 0 Å². The Bertz CT molecular complexity index is 820. The Balaban J connectivity index is 2.19. The van der Waals surface area contributed by atoms with Crippen molar-refractivity contribution in [2.24, 2.45) is 0 Å². The molecular formula is C16H10INO2. The highest BCUT2D eigenvalue weighted by Crippen LogP contribution is 2.21. The molecule has 0 amide bonds. The number of hydrogen-bond acceptors (Lipinski definition) is 2. The number of aromatic nitrogens is 1. The van der Waals surface area contributed by atoms with Gasteiger partial charge in [0.15, 0.2) is 6.29 Å². The lowest BCUT2D eigenvalue weighted by Gasteiger charge is -2.04. The van der Waals surface area contributed by atoms with E-state index < -0.39 is 0 Å². The molecule has 4 heteroatoms. The molecule has 0 aliphatic heterocycles. The van der Waals surface area contributed by atoms with Gasteiger partial charge in [0.05, 0.1) is 5.52 Å². The molecule has 1 heterocycles. The van der Waals surface area contributed by atoms with Crippen molar-refractivity contribution >= 4 is 45.7 Å². The van der Waals surface area contributed by atoms with Gasteiger partial charge in [-0.1, -0.05) is 24.3 Å². The number of halogens is 1. The molecular weight excluding hydrogens is 365 g/mol. The van der Waals surface area contributed by atoms with Crippen molar-refractivity contribution in [3.05, 3.63) is 69.4 Å². The number of aldehydes is 1. The van der Waals surface area contributed by atoms with Crippen LogP contribution in [0, 0.1) is 3.57 Å². The fourth-order valence-corrected chi connectivity index (χ4v) is 2.77. The summed E-state index contributed by atoms with van der Waals surface area (Å²) in [7, 11) is 0. The van der Waals surface area contributed by atoms with Crippen molar-refractivity contribution in [3.63, 3.8) is 0 Å². The van der Waals surface area contributed by atoms with E-state index in [4.69, 9.17) is 0 Å². The van der Waals surface area contributed by atoms with Crippen molar-refractivity contribution in [1.82, 2.24) is 4.57 Å². The van der Waals surface area contributed by atoms with Crippen LogP contribution in [0.1, 0.15) is 20.7 Å². The highest BCUT2D eigenvalue weighted by molar-refractivity contribution is 14.1. The van der Waals surface area contributed by atoms with Gasteiger partial charge >= 0.3 is 0 Å². The third kappa shape index (κ3) is 2.16. The standard InChI is InChI=1S/C16H10INO2/c17-13-5-3-4-11(8-13)16(20)18-9-12(10-19)14-6-1-2-7-15(14)18/h1-10H. The van der Waals surface area contributed by atoms with Gasteiger partial charge in [0.2, 0.25) is 0 Å². The van der Waals surface area contributed by atoms with Crippen molar-refractivity contribution < 1.29 is 9.59 Å². The molecule has 0 fully saturated rings. The van der Waals surface area contributed by atoms with Crippen LogP contribution >= 0.6 is 22.6 Å². The van der Waals surface area contributed by atoms with Gasteiger partial charge in [-0.2, -0.15) is 0 Å². The van der Waals surface area contributed by atoms with Gasteiger partial charge < -0.3 is 0 Å². The summed E-state index contributed by atoms with van der Waals surface area (Å²) in [4.78, 5) is 23.7. The first-order chi connectivity index (χ1) is 9.70. The van der Waals surface area contributed by atoms with Crippen LogP contribution in [0.15, 0.2) is 54.7 Å². The van der Waals surface area contributed by atoms with Crippen LogP contribution in [-0.4, -0.2) is 16.8 Å². The quantitative estimate of drug-likeness (QED) is 0.506. The molecule has 0 saturated heterocycles. The number of carbonyl (C=O) groups excluding carboxylic acids is 2. The molecule has 3 nitrogen and oxygen atoms in total. The summed E-state index contributed by atoms with van der Waals surface area (Å²) in [6, 6.07) is 14.8. The highest BCUT2D eigenvalue weighted by atomic mass is 127. The summed E-state index contributed by atoms with van der Waals surface area (Å²) >= 11 is 2.17. The third-order valence-corrected chi connectivity index (χ3v) is 3.83. The maximum atomic E-state index is 12.6. The smallest absolute Gasteiger partial charge is 0.262 e. The molecule has 0 spiro atoms. The maximum Gasteiger partial charge on any atom is 0.262 e. The topological polar surface area (TPSA) is 39.1 Å². The second-order valence-electron chi connectivity index (χ2n) is 4.40. The lowest BCUT2D eigenvalue weighted by Crippen LogP contribution is -2.10. The molecule has 0 aliphatic carbocycles. The Morgan fingerprint density at radius 1 is 1.10 bits per heavy atom. The number of carbonyl (C=O) groups is 2. The van der Waals surface area contributed by atoms with Gasteiger partial charge in [0, 0.05) is 26.3 Å². The Morgan fingerprint density at radius 2 is 1.90 bits per heavy atom. The molecule has 3 aromatic rings. The second kappa shape index (κ2) is 5.20. The third-order valence-electron chi connectivity index (χ3n) is 3.16. The lowest BCUT2D eigenvalue weighted by molar-refractivity contribution is 0.0965. The van der Waals surface area contributed by atoms with Crippen LogP contribution in [0.25, 0.3) is 10.9 Å². The van der Waals surface area contributed by atoms with E-state index in [0.29, 0.717) is 11.1 Å². The minimum atomic E-state index is -0.132. The summed E-state index contributed by atoms with van der Waals surface area (Å²) in [5.74, 6) is -0.132. The Kier molecular flexibility index (Phi) is 3.40. The first-order valence-electron chi connectivity index (χ1n) is 6.06. The van der Waals surface area contributed by atoms with E-state index in [0.717, 1.165) is 20.8 Å². The number of hydrogen-bond donors (Lipinski definition) is 0. The Labute approximate surface area is 129 Å². The zero-order valence-corrected chi connectivity index (χ0v) is 12.6. The summed E-state index contributed by atoms with van der Waals surface area (Å²) < 4.78 is 2.53. The summed E-state index contributed by atoms with van der Waals surface area (Å²) in [6.07, 6.45) is 2.38. The molecule has 0 bridgehead atoms. The Morgan fingerprint density at radius 3 is 2.65 bits per heavy atom. The molecule has 0 N–H and O–H groups in total. The van der Waals surface area contributed by atoms with E-state index in [1.165, 1.54) is 4.57 Å². The van der Waals surface area contributed by atoms with Crippen molar-refractivity contribution in [2.75, 3.05) is 0 Å². The Hall–Kier alpha value is -1.95. The van der Waals surface area contributed by atoms with Crippen LogP contribution < -0.4 is 0 Å². The molecule has 0 radical (unpaired) electrons. The molecule has 20 heavy (non-hydrogen) atoms. The van der Waals surface area contributed by atoms with Crippen LogP contribution in [-0.2, 0) is 0 Å². The van der Waals surface area contributed by atoms with Gasteiger partial charge in [0.25, 0.3) is 5.91 Å². The summed E-state index contributed by atoms with van der Waals surface area (Å²) in [6.45, 7) is 0. The van der Waals surface area contributed by atoms with Gasteiger partial charge in [-0.15, -0.1) is 0 Å². The highest BCUT2D eigenvalue weighted by Gasteiger charge is 2.14. The van der Waals surface area contributed by atoms with Crippen LogP contribution in [0.2, 0.25) is 0 Å². The predicted octanol–water partition coefficient (Wildman–Crippen LogP) is 3.75. The normalized spacial score (nSPS) is 10.7. The van der Waals surface area contributed by atoms with Crippen LogP contribution in [0.3, 0.4) is 0 Å². The fourth-order valence-electron chi connectivity index (χ4n) is 2.23. The zero-order valence-electron chi connectivity index (χ0n) is 10.4. The maximum absolute atomic E-state index is 12.6.